The van der Waals surface area contributed by atoms with E-state index >= 15 is 0 Å². The lowest BCUT2D eigenvalue weighted by Crippen LogP contribution is -2.07. The van der Waals surface area contributed by atoms with Gasteiger partial charge >= 0.3 is 5.97 Å². The van der Waals surface area contributed by atoms with E-state index in [0.717, 1.165) is 6.07 Å². The highest BCUT2D eigenvalue weighted by Gasteiger charge is 2.18. The first-order valence-electron chi connectivity index (χ1n) is 5.21. The minimum absolute atomic E-state index is 0.0382. The molecule has 0 amide bonds. The summed E-state index contributed by atoms with van der Waals surface area (Å²) < 4.78 is 9.88. The molecule has 0 saturated heterocycles. The molecule has 0 atom stereocenters. The number of carbonyl (C=O) groups is 1. The van der Waals surface area contributed by atoms with Gasteiger partial charge in [-0.25, -0.2) is 4.79 Å². The van der Waals surface area contributed by atoms with E-state index in [1.165, 1.54) is 19.2 Å². The Labute approximate surface area is 104 Å². The molecule has 6 heteroatoms. The van der Waals surface area contributed by atoms with Crippen molar-refractivity contribution < 1.29 is 19.2 Å². The standard InChI is InChI=1S/C12H13NO5/c1-3-4-7-18-12(14)10-8-9(13(15)16)5-6-11(10)17-2/h3-6,8H,7H2,1-2H3/b4-3+. The molecule has 1 aromatic rings. The summed E-state index contributed by atoms with van der Waals surface area (Å²) >= 11 is 0. The topological polar surface area (TPSA) is 78.7 Å². The van der Waals surface area contributed by atoms with E-state index in [1.807, 2.05) is 0 Å². The van der Waals surface area contributed by atoms with E-state index in [0.29, 0.717) is 0 Å². The van der Waals surface area contributed by atoms with Crippen LogP contribution >= 0.6 is 0 Å². The summed E-state index contributed by atoms with van der Waals surface area (Å²) in [5.41, 5.74) is -0.148. The third-order valence-corrected chi connectivity index (χ3v) is 2.16. The van der Waals surface area contributed by atoms with Crippen molar-refractivity contribution in [3.8, 4) is 5.75 Å². The molecular weight excluding hydrogens is 238 g/mol. The molecule has 96 valence electrons. The molecule has 1 aromatic carbocycles. The van der Waals surface area contributed by atoms with Crippen molar-refractivity contribution in [1.29, 1.82) is 0 Å². The highest BCUT2D eigenvalue weighted by atomic mass is 16.6. The number of allylic oxidation sites excluding steroid dienone is 1. The Hall–Kier alpha value is -2.37. The zero-order chi connectivity index (χ0) is 13.5. The number of carbonyl (C=O) groups excluding carboxylic acids is 1. The summed E-state index contributed by atoms with van der Waals surface area (Å²) in [5, 5.41) is 10.6. The Morgan fingerprint density at radius 3 is 2.78 bits per heavy atom. The molecule has 0 heterocycles. The van der Waals surface area contributed by atoms with Gasteiger partial charge in [-0.2, -0.15) is 0 Å². The van der Waals surface area contributed by atoms with Crippen molar-refractivity contribution in [2.45, 2.75) is 6.92 Å². The largest absolute Gasteiger partial charge is 0.496 e. The lowest BCUT2D eigenvalue weighted by Gasteiger charge is -2.07. The monoisotopic (exact) mass is 251 g/mol. The van der Waals surface area contributed by atoms with Gasteiger partial charge in [0.1, 0.15) is 17.9 Å². The predicted octanol–water partition coefficient (Wildman–Crippen LogP) is 2.34. The number of non-ortho nitro benzene ring substituents is 1. The summed E-state index contributed by atoms with van der Waals surface area (Å²) in [6.45, 7) is 1.91. The van der Waals surface area contributed by atoms with Crippen molar-refractivity contribution in [3.05, 3.63) is 46.0 Å². The quantitative estimate of drug-likeness (QED) is 0.347. The van der Waals surface area contributed by atoms with Crippen molar-refractivity contribution in [3.63, 3.8) is 0 Å². The Morgan fingerprint density at radius 1 is 1.50 bits per heavy atom. The summed E-state index contributed by atoms with van der Waals surface area (Å²) in [4.78, 5) is 21.8. The Balaban J connectivity index is 3.00. The molecule has 0 bridgehead atoms. The molecule has 0 aliphatic rings. The van der Waals surface area contributed by atoms with Crippen LogP contribution in [-0.4, -0.2) is 24.6 Å². The maximum absolute atomic E-state index is 11.7. The van der Waals surface area contributed by atoms with Crippen LogP contribution in [0.4, 0.5) is 5.69 Å². The number of esters is 1. The molecule has 0 unspecified atom stereocenters. The van der Waals surface area contributed by atoms with Crippen LogP contribution in [0, 0.1) is 10.1 Å². The summed E-state index contributed by atoms with van der Waals surface area (Å²) in [6, 6.07) is 3.77. The molecule has 18 heavy (non-hydrogen) atoms. The molecule has 0 saturated carbocycles. The van der Waals surface area contributed by atoms with Gasteiger partial charge in [0.15, 0.2) is 0 Å². The van der Waals surface area contributed by atoms with Gasteiger partial charge in [-0.1, -0.05) is 12.2 Å². The number of methoxy groups -OCH3 is 1. The zero-order valence-electron chi connectivity index (χ0n) is 10.1. The Bertz CT molecular complexity index is 481. The minimum Gasteiger partial charge on any atom is -0.496 e. The Morgan fingerprint density at radius 2 is 2.22 bits per heavy atom. The maximum atomic E-state index is 11.7. The van der Waals surface area contributed by atoms with Crippen LogP contribution in [-0.2, 0) is 4.74 Å². The third kappa shape index (κ3) is 3.31. The lowest BCUT2D eigenvalue weighted by molar-refractivity contribution is -0.384. The van der Waals surface area contributed by atoms with Crippen LogP contribution in [0.3, 0.4) is 0 Å². The highest BCUT2D eigenvalue weighted by molar-refractivity contribution is 5.93. The summed E-state index contributed by atoms with van der Waals surface area (Å²) in [5.74, 6) is -0.417. The molecule has 0 spiro atoms. The van der Waals surface area contributed by atoms with E-state index in [1.54, 1.807) is 19.1 Å². The SMILES string of the molecule is C/C=C/COC(=O)c1cc([N+](=O)[O-])ccc1OC. The van der Waals surface area contributed by atoms with Crippen molar-refractivity contribution >= 4 is 11.7 Å². The molecule has 0 aliphatic heterocycles. The fourth-order valence-corrected chi connectivity index (χ4v) is 1.27. The second-order valence-corrected chi connectivity index (χ2v) is 3.31. The molecule has 0 aromatic heterocycles. The van der Waals surface area contributed by atoms with Gasteiger partial charge < -0.3 is 9.47 Å². The first kappa shape index (κ1) is 13.7. The smallest absolute Gasteiger partial charge is 0.342 e. The van der Waals surface area contributed by atoms with E-state index in [4.69, 9.17) is 9.47 Å². The summed E-state index contributed by atoms with van der Waals surface area (Å²) in [7, 11) is 1.38. The molecule has 1 rings (SSSR count). The van der Waals surface area contributed by atoms with Crippen molar-refractivity contribution in [1.82, 2.24) is 0 Å². The number of benzene rings is 1. The van der Waals surface area contributed by atoms with Gasteiger partial charge in [0.05, 0.1) is 12.0 Å². The summed E-state index contributed by atoms with van der Waals surface area (Å²) in [6.07, 6.45) is 3.39. The molecule has 0 N–H and O–H groups in total. The van der Waals surface area contributed by atoms with Crippen LogP contribution in [0.15, 0.2) is 30.4 Å². The van der Waals surface area contributed by atoms with Crippen molar-refractivity contribution in [2.75, 3.05) is 13.7 Å². The van der Waals surface area contributed by atoms with E-state index in [-0.39, 0.29) is 23.6 Å². The fourth-order valence-electron chi connectivity index (χ4n) is 1.27. The lowest BCUT2D eigenvalue weighted by atomic mass is 10.2. The average Bonchev–Trinajstić information content (AvgIpc) is 2.38. The van der Waals surface area contributed by atoms with Crippen LogP contribution in [0.2, 0.25) is 0 Å². The maximum Gasteiger partial charge on any atom is 0.342 e. The molecule has 0 fully saturated rings. The molecule has 0 radical (unpaired) electrons. The zero-order valence-corrected chi connectivity index (χ0v) is 10.1. The van der Waals surface area contributed by atoms with Gasteiger partial charge in [-0.05, 0) is 13.0 Å². The predicted molar refractivity (Wildman–Crippen MR) is 64.7 cm³/mol. The van der Waals surface area contributed by atoms with E-state index in [9.17, 15) is 14.9 Å². The molecular formula is C12H13NO5. The number of hydrogen-bond donors (Lipinski definition) is 0. The molecule has 0 aliphatic carbocycles. The van der Waals surface area contributed by atoms with Gasteiger partial charge in [0, 0.05) is 12.1 Å². The number of ether oxygens (including phenoxy) is 2. The van der Waals surface area contributed by atoms with Gasteiger partial charge in [-0.15, -0.1) is 0 Å². The number of nitrogens with zero attached hydrogens (tertiary/aromatic N) is 1. The Kier molecular flexibility index (Phi) is 4.86. The number of nitro groups is 1. The van der Waals surface area contributed by atoms with Gasteiger partial charge in [0.25, 0.3) is 5.69 Å². The number of hydrogen-bond acceptors (Lipinski definition) is 5. The van der Waals surface area contributed by atoms with Crippen LogP contribution in [0.5, 0.6) is 5.75 Å². The third-order valence-electron chi connectivity index (χ3n) is 2.16. The van der Waals surface area contributed by atoms with E-state index < -0.39 is 10.9 Å². The first-order chi connectivity index (χ1) is 8.60. The highest BCUT2D eigenvalue weighted by Crippen LogP contribution is 2.24. The fraction of sp³-hybridized carbons (Fsp3) is 0.250. The second-order valence-electron chi connectivity index (χ2n) is 3.31. The van der Waals surface area contributed by atoms with E-state index in [2.05, 4.69) is 0 Å². The van der Waals surface area contributed by atoms with Crippen molar-refractivity contribution in [2.24, 2.45) is 0 Å². The first-order valence-corrected chi connectivity index (χ1v) is 5.21. The van der Waals surface area contributed by atoms with Crippen LogP contribution in [0.25, 0.3) is 0 Å². The van der Waals surface area contributed by atoms with Gasteiger partial charge in [-0.3, -0.25) is 10.1 Å². The minimum atomic E-state index is -0.659. The number of nitro benzene ring substituents is 1. The average molecular weight is 251 g/mol. The second kappa shape index (κ2) is 6.39. The molecule has 6 nitrogen and oxygen atoms in total. The van der Waals surface area contributed by atoms with Gasteiger partial charge in [0.2, 0.25) is 0 Å². The van der Waals surface area contributed by atoms with Crippen LogP contribution < -0.4 is 4.74 Å². The number of rotatable bonds is 5. The normalized spacial score (nSPS) is 10.3. The van der Waals surface area contributed by atoms with Crippen LogP contribution in [0.1, 0.15) is 17.3 Å².